The standard InChI is InChI=1S/C14H15BrNO2S.BrH/c1-10-14(6-7-17)19-9-16(10)8-13(18)11-2-4-12(15)5-3-11;/h2-5,9,17H,6-8H2,1H3;1H/q+1;/p-1. The molecule has 0 spiro atoms. The zero-order chi connectivity index (χ0) is 13.8. The zero-order valence-electron chi connectivity index (χ0n) is 11.0. The van der Waals surface area contributed by atoms with Gasteiger partial charge in [-0.2, -0.15) is 4.57 Å². The lowest BCUT2D eigenvalue weighted by Crippen LogP contribution is -3.00. The van der Waals surface area contributed by atoms with Crippen LogP contribution >= 0.6 is 27.3 Å². The van der Waals surface area contributed by atoms with Crippen molar-refractivity contribution in [1.29, 1.82) is 0 Å². The van der Waals surface area contributed by atoms with Crippen LogP contribution in [0.2, 0.25) is 0 Å². The highest BCUT2D eigenvalue weighted by molar-refractivity contribution is 9.10. The molecular formula is C14H15Br2NO2S. The summed E-state index contributed by atoms with van der Waals surface area (Å²) in [6, 6.07) is 7.39. The Hall–Kier alpha value is -0.560. The lowest BCUT2D eigenvalue weighted by molar-refractivity contribution is -0.684. The van der Waals surface area contributed by atoms with Crippen molar-refractivity contribution >= 4 is 33.0 Å². The molecule has 108 valence electrons. The van der Waals surface area contributed by atoms with Crippen LogP contribution in [0.4, 0.5) is 0 Å². The van der Waals surface area contributed by atoms with Gasteiger partial charge in [0, 0.05) is 30.0 Å². The van der Waals surface area contributed by atoms with Crippen LogP contribution in [-0.4, -0.2) is 17.5 Å². The van der Waals surface area contributed by atoms with Crippen molar-refractivity contribution in [2.75, 3.05) is 6.61 Å². The van der Waals surface area contributed by atoms with Crippen molar-refractivity contribution < 1.29 is 31.4 Å². The number of carbonyl (C=O) groups excluding carboxylic acids is 1. The van der Waals surface area contributed by atoms with Crippen molar-refractivity contribution in [3.8, 4) is 0 Å². The van der Waals surface area contributed by atoms with Crippen LogP contribution in [-0.2, 0) is 13.0 Å². The van der Waals surface area contributed by atoms with Gasteiger partial charge in [-0.05, 0) is 12.1 Å². The van der Waals surface area contributed by atoms with Gasteiger partial charge in [0.15, 0.2) is 5.69 Å². The summed E-state index contributed by atoms with van der Waals surface area (Å²) >= 11 is 4.94. The van der Waals surface area contributed by atoms with E-state index in [4.69, 9.17) is 5.11 Å². The molecule has 3 nitrogen and oxygen atoms in total. The minimum atomic E-state index is 0. The predicted octanol–water partition coefficient (Wildman–Crippen LogP) is -0.472. The van der Waals surface area contributed by atoms with Crippen molar-refractivity contribution in [3.05, 3.63) is 50.4 Å². The van der Waals surface area contributed by atoms with Gasteiger partial charge in [0.1, 0.15) is 0 Å². The zero-order valence-corrected chi connectivity index (χ0v) is 15.0. The third kappa shape index (κ3) is 4.22. The Morgan fingerprint density at radius 2 is 2.00 bits per heavy atom. The summed E-state index contributed by atoms with van der Waals surface area (Å²) in [6.45, 7) is 2.47. The second-order valence-corrected chi connectivity index (χ2v) is 6.12. The fourth-order valence-electron chi connectivity index (χ4n) is 1.83. The van der Waals surface area contributed by atoms with E-state index in [1.54, 1.807) is 11.3 Å². The second kappa shape index (κ2) is 8.02. The molecule has 0 aliphatic carbocycles. The average Bonchev–Trinajstić information content (AvgIpc) is 2.73. The Labute approximate surface area is 141 Å². The Bertz CT molecular complexity index is 581. The minimum absolute atomic E-state index is 0. The van der Waals surface area contributed by atoms with Gasteiger partial charge in [0.2, 0.25) is 17.8 Å². The van der Waals surface area contributed by atoms with E-state index in [0.29, 0.717) is 18.5 Å². The SMILES string of the molecule is Cc1c(CCO)sc[n+]1CC(=O)c1ccc(Br)cc1.[Br-]. The highest BCUT2D eigenvalue weighted by Gasteiger charge is 2.19. The number of hydrogen-bond acceptors (Lipinski definition) is 3. The average molecular weight is 421 g/mol. The van der Waals surface area contributed by atoms with E-state index >= 15 is 0 Å². The predicted molar refractivity (Wildman–Crippen MR) is 78.5 cm³/mol. The van der Waals surface area contributed by atoms with E-state index in [2.05, 4.69) is 15.9 Å². The summed E-state index contributed by atoms with van der Waals surface area (Å²) in [5, 5.41) is 8.97. The summed E-state index contributed by atoms with van der Waals surface area (Å²) < 4.78 is 2.91. The smallest absolute Gasteiger partial charge is 0.227 e. The fraction of sp³-hybridized carbons (Fsp3) is 0.286. The molecule has 0 radical (unpaired) electrons. The molecule has 0 bridgehead atoms. The van der Waals surface area contributed by atoms with Crippen LogP contribution in [0, 0.1) is 6.92 Å². The van der Waals surface area contributed by atoms with Gasteiger partial charge in [0.25, 0.3) is 0 Å². The summed E-state index contributed by atoms with van der Waals surface area (Å²) in [5.74, 6) is 0.0916. The normalized spacial score (nSPS) is 10.2. The van der Waals surface area contributed by atoms with E-state index in [9.17, 15) is 4.79 Å². The number of nitrogens with zero attached hydrogens (tertiary/aromatic N) is 1. The van der Waals surface area contributed by atoms with E-state index in [1.165, 1.54) is 0 Å². The molecular weight excluding hydrogens is 406 g/mol. The third-order valence-corrected chi connectivity index (χ3v) is 4.65. The number of thiazole rings is 1. The monoisotopic (exact) mass is 419 g/mol. The first-order valence-electron chi connectivity index (χ1n) is 5.98. The maximum Gasteiger partial charge on any atom is 0.227 e. The highest BCUT2D eigenvalue weighted by Crippen LogP contribution is 2.13. The molecule has 2 rings (SSSR count). The van der Waals surface area contributed by atoms with E-state index in [1.807, 2.05) is 41.3 Å². The van der Waals surface area contributed by atoms with Crippen molar-refractivity contribution in [2.45, 2.75) is 19.9 Å². The number of ketones is 1. The maximum atomic E-state index is 12.2. The molecule has 0 aliphatic rings. The number of hydrogen-bond donors (Lipinski definition) is 1. The minimum Gasteiger partial charge on any atom is -1.00 e. The van der Waals surface area contributed by atoms with Crippen molar-refractivity contribution in [1.82, 2.24) is 0 Å². The van der Waals surface area contributed by atoms with Crippen LogP contribution in [0.15, 0.2) is 34.2 Å². The number of aromatic nitrogens is 1. The van der Waals surface area contributed by atoms with Gasteiger partial charge >= 0.3 is 0 Å². The number of aliphatic hydroxyl groups excluding tert-OH is 1. The lowest BCUT2D eigenvalue weighted by atomic mass is 10.1. The van der Waals surface area contributed by atoms with Gasteiger partial charge in [0.05, 0.1) is 4.88 Å². The molecule has 6 heteroatoms. The molecule has 1 heterocycles. The molecule has 1 N–H and O–H groups in total. The Morgan fingerprint density at radius 1 is 1.35 bits per heavy atom. The Kier molecular flexibility index (Phi) is 7.02. The molecule has 0 atom stereocenters. The summed E-state index contributed by atoms with van der Waals surface area (Å²) in [7, 11) is 0. The van der Waals surface area contributed by atoms with Gasteiger partial charge < -0.3 is 22.1 Å². The van der Waals surface area contributed by atoms with Crippen LogP contribution in [0.3, 0.4) is 0 Å². The molecule has 0 saturated carbocycles. The summed E-state index contributed by atoms with van der Waals surface area (Å²) in [5.41, 5.74) is 3.71. The first kappa shape index (κ1) is 17.5. The van der Waals surface area contributed by atoms with Crippen molar-refractivity contribution in [2.24, 2.45) is 0 Å². The molecule has 0 saturated heterocycles. The molecule has 0 fully saturated rings. The highest BCUT2D eigenvalue weighted by atomic mass is 79.9. The third-order valence-electron chi connectivity index (χ3n) is 2.98. The van der Waals surface area contributed by atoms with Crippen LogP contribution in [0.1, 0.15) is 20.9 Å². The van der Waals surface area contributed by atoms with Gasteiger partial charge in [-0.25, -0.2) is 0 Å². The molecule has 2 aromatic rings. The number of Topliss-reactive ketones (excluding diaryl/α,β-unsaturated/α-hetero) is 1. The maximum absolute atomic E-state index is 12.2. The second-order valence-electron chi connectivity index (χ2n) is 4.26. The van der Waals surface area contributed by atoms with Gasteiger partial charge in [-0.15, -0.1) is 0 Å². The quantitative estimate of drug-likeness (QED) is 0.524. The van der Waals surface area contributed by atoms with E-state index < -0.39 is 0 Å². The molecule has 0 amide bonds. The van der Waals surface area contributed by atoms with Crippen LogP contribution in [0.25, 0.3) is 0 Å². The molecule has 20 heavy (non-hydrogen) atoms. The van der Waals surface area contributed by atoms with E-state index in [-0.39, 0.29) is 29.4 Å². The molecule has 1 aromatic heterocycles. The topological polar surface area (TPSA) is 41.2 Å². The summed E-state index contributed by atoms with van der Waals surface area (Å²) in [6.07, 6.45) is 0.649. The Balaban J connectivity index is 0.00000200. The molecule has 0 aliphatic heterocycles. The van der Waals surface area contributed by atoms with E-state index in [0.717, 1.165) is 15.0 Å². The van der Waals surface area contributed by atoms with Gasteiger partial charge in [-0.3, -0.25) is 4.79 Å². The van der Waals surface area contributed by atoms with Crippen LogP contribution in [0.5, 0.6) is 0 Å². The number of rotatable bonds is 5. The number of carbonyl (C=O) groups is 1. The fourth-order valence-corrected chi connectivity index (χ4v) is 3.08. The molecule has 1 aromatic carbocycles. The summed E-state index contributed by atoms with van der Waals surface area (Å²) in [4.78, 5) is 13.3. The first-order valence-corrected chi connectivity index (χ1v) is 7.65. The Morgan fingerprint density at radius 3 is 2.60 bits per heavy atom. The number of aliphatic hydroxyl groups is 1. The lowest BCUT2D eigenvalue weighted by Gasteiger charge is -1.98. The van der Waals surface area contributed by atoms with Gasteiger partial charge in [-0.1, -0.05) is 39.4 Å². The first-order chi connectivity index (χ1) is 9.11. The number of benzene rings is 1. The number of halogens is 2. The van der Waals surface area contributed by atoms with Crippen molar-refractivity contribution in [3.63, 3.8) is 0 Å². The largest absolute Gasteiger partial charge is 1.00 e. The molecule has 0 unspecified atom stereocenters. The van der Waals surface area contributed by atoms with Crippen LogP contribution < -0.4 is 21.5 Å².